The summed E-state index contributed by atoms with van der Waals surface area (Å²) in [6, 6.07) is 4.18. The molecule has 1 nitrogen and oxygen atoms in total. The highest BCUT2D eigenvalue weighted by Crippen LogP contribution is 2.27. The van der Waals surface area contributed by atoms with Gasteiger partial charge in [0.15, 0.2) is 0 Å². The minimum absolute atomic E-state index is 0.180. The quantitative estimate of drug-likeness (QED) is 0.585. The summed E-state index contributed by atoms with van der Waals surface area (Å²) in [5.74, 6) is 7.04. The molecule has 1 aromatic rings. The van der Waals surface area contributed by atoms with E-state index in [4.69, 9.17) is 0 Å². The Kier molecular flexibility index (Phi) is 2.52. The molecular formula is C14H17N. The van der Waals surface area contributed by atoms with Crippen LogP contribution in [-0.4, -0.2) is 4.98 Å². The van der Waals surface area contributed by atoms with Crippen LogP contribution >= 0.6 is 0 Å². The summed E-state index contributed by atoms with van der Waals surface area (Å²) < 4.78 is 0. The third-order valence-electron chi connectivity index (χ3n) is 2.61. The Morgan fingerprint density at radius 2 is 2.07 bits per heavy atom. The maximum absolute atomic E-state index is 4.28. The van der Waals surface area contributed by atoms with Crippen LogP contribution in [0.3, 0.4) is 0 Å². The van der Waals surface area contributed by atoms with E-state index in [1.165, 1.54) is 18.4 Å². The molecule has 0 aromatic carbocycles. The Hall–Kier alpha value is -1.29. The van der Waals surface area contributed by atoms with Gasteiger partial charge in [0, 0.05) is 12.1 Å². The minimum atomic E-state index is 0.180. The summed E-state index contributed by atoms with van der Waals surface area (Å²) in [5.41, 5.74) is 2.39. The van der Waals surface area contributed by atoms with Gasteiger partial charge in [0.1, 0.15) is 5.69 Å². The molecule has 0 saturated heterocycles. The molecule has 1 heterocycles. The summed E-state index contributed by atoms with van der Waals surface area (Å²) in [7, 11) is 0. The third kappa shape index (κ3) is 2.83. The molecule has 0 amide bonds. The largest absolute Gasteiger partial charge is 0.248 e. The molecule has 0 N–H and O–H groups in total. The van der Waals surface area contributed by atoms with Crippen LogP contribution in [0.25, 0.3) is 0 Å². The van der Waals surface area contributed by atoms with Gasteiger partial charge in [-0.1, -0.05) is 26.7 Å². The van der Waals surface area contributed by atoms with Crippen LogP contribution in [0.1, 0.15) is 44.9 Å². The molecule has 0 unspecified atom stereocenters. The maximum Gasteiger partial charge on any atom is 0.113 e. The molecule has 0 radical (unpaired) electrons. The first-order valence-corrected chi connectivity index (χ1v) is 5.54. The summed E-state index contributed by atoms with van der Waals surface area (Å²) in [4.78, 5) is 4.28. The van der Waals surface area contributed by atoms with Crippen LogP contribution in [0.5, 0.6) is 0 Å². The Labute approximate surface area is 91.9 Å². The highest BCUT2D eigenvalue weighted by Gasteiger charge is 2.18. The van der Waals surface area contributed by atoms with Crippen LogP contribution < -0.4 is 0 Å². The fourth-order valence-corrected chi connectivity index (χ4v) is 1.37. The van der Waals surface area contributed by atoms with E-state index >= 15 is 0 Å². The predicted molar refractivity (Wildman–Crippen MR) is 62.5 cm³/mol. The predicted octanol–water partition coefficient (Wildman–Crippen LogP) is 3.14. The van der Waals surface area contributed by atoms with Crippen molar-refractivity contribution in [2.24, 2.45) is 5.92 Å². The van der Waals surface area contributed by atoms with Crippen molar-refractivity contribution < 1.29 is 0 Å². The van der Waals surface area contributed by atoms with Crippen molar-refractivity contribution in [1.29, 1.82) is 0 Å². The van der Waals surface area contributed by atoms with Crippen LogP contribution in [0.2, 0.25) is 0 Å². The van der Waals surface area contributed by atoms with Crippen LogP contribution in [0, 0.1) is 17.8 Å². The Balaban J connectivity index is 2.23. The molecule has 1 aliphatic rings. The summed E-state index contributed by atoms with van der Waals surface area (Å²) in [6.45, 7) is 6.63. The topological polar surface area (TPSA) is 12.9 Å². The van der Waals surface area contributed by atoms with Gasteiger partial charge in [0.2, 0.25) is 0 Å². The molecule has 0 bridgehead atoms. The molecule has 1 aliphatic carbocycles. The Morgan fingerprint density at radius 1 is 1.33 bits per heavy atom. The van der Waals surface area contributed by atoms with Gasteiger partial charge < -0.3 is 0 Å². The second-order valence-corrected chi connectivity index (χ2v) is 5.22. The van der Waals surface area contributed by atoms with E-state index in [0.717, 1.165) is 5.69 Å². The van der Waals surface area contributed by atoms with Crippen LogP contribution in [0.4, 0.5) is 0 Å². The highest BCUT2D eigenvalue weighted by molar-refractivity contribution is 5.34. The lowest BCUT2D eigenvalue weighted by atomic mass is 9.87. The number of rotatable bonds is 0. The normalized spacial score (nSPS) is 15.7. The van der Waals surface area contributed by atoms with Gasteiger partial charge in [0.25, 0.3) is 0 Å². The number of hydrogen-bond donors (Lipinski definition) is 0. The maximum atomic E-state index is 4.28. The Bertz CT molecular complexity index is 411. The molecule has 1 heteroatoms. The fourth-order valence-electron chi connectivity index (χ4n) is 1.37. The standard InChI is InChI=1S/C14H17N/c1-14(2,3)12-8-9-15-13(10-12)7-6-11-4-5-11/h8-11H,4-5H2,1-3H3. The first kappa shape index (κ1) is 10.2. The lowest BCUT2D eigenvalue weighted by Gasteiger charge is -2.18. The molecule has 1 fully saturated rings. The van der Waals surface area contributed by atoms with E-state index in [1.54, 1.807) is 0 Å². The van der Waals surface area contributed by atoms with Crippen molar-refractivity contribution in [3.8, 4) is 11.8 Å². The van der Waals surface area contributed by atoms with Gasteiger partial charge in [-0.15, -0.1) is 0 Å². The van der Waals surface area contributed by atoms with Gasteiger partial charge in [-0.2, -0.15) is 0 Å². The zero-order valence-corrected chi connectivity index (χ0v) is 9.67. The first-order chi connectivity index (χ1) is 7.05. The zero-order chi connectivity index (χ0) is 10.9. The van der Waals surface area contributed by atoms with E-state index < -0.39 is 0 Å². The average Bonchev–Trinajstić information content (AvgIpc) is 2.97. The SMILES string of the molecule is CC(C)(C)c1ccnc(C#CC2CC2)c1. The van der Waals surface area contributed by atoms with E-state index in [2.05, 4.69) is 49.7 Å². The zero-order valence-electron chi connectivity index (χ0n) is 9.67. The summed E-state index contributed by atoms with van der Waals surface area (Å²) >= 11 is 0. The molecule has 0 aliphatic heterocycles. The molecule has 15 heavy (non-hydrogen) atoms. The number of hydrogen-bond acceptors (Lipinski definition) is 1. The van der Waals surface area contributed by atoms with Gasteiger partial charge in [-0.3, -0.25) is 0 Å². The number of nitrogens with zero attached hydrogens (tertiary/aromatic N) is 1. The van der Waals surface area contributed by atoms with E-state index in [-0.39, 0.29) is 5.41 Å². The highest BCUT2D eigenvalue weighted by atomic mass is 14.7. The second-order valence-electron chi connectivity index (χ2n) is 5.22. The molecule has 0 spiro atoms. The van der Waals surface area contributed by atoms with Crippen molar-refractivity contribution in [1.82, 2.24) is 4.98 Å². The van der Waals surface area contributed by atoms with Crippen LogP contribution in [-0.2, 0) is 5.41 Å². The molecule has 2 rings (SSSR count). The summed E-state index contributed by atoms with van der Waals surface area (Å²) in [6.07, 6.45) is 4.40. The molecular weight excluding hydrogens is 182 g/mol. The lowest BCUT2D eigenvalue weighted by molar-refractivity contribution is 0.589. The molecule has 1 saturated carbocycles. The second kappa shape index (κ2) is 3.70. The van der Waals surface area contributed by atoms with Gasteiger partial charge >= 0.3 is 0 Å². The first-order valence-electron chi connectivity index (χ1n) is 5.54. The monoisotopic (exact) mass is 199 g/mol. The smallest absolute Gasteiger partial charge is 0.113 e. The van der Waals surface area contributed by atoms with Gasteiger partial charge in [-0.25, -0.2) is 4.98 Å². The van der Waals surface area contributed by atoms with Crippen molar-refractivity contribution in [2.45, 2.75) is 39.0 Å². The van der Waals surface area contributed by atoms with Gasteiger partial charge in [0.05, 0.1) is 0 Å². The molecule has 78 valence electrons. The summed E-state index contributed by atoms with van der Waals surface area (Å²) in [5, 5.41) is 0. The van der Waals surface area contributed by atoms with E-state index in [9.17, 15) is 0 Å². The van der Waals surface area contributed by atoms with Crippen molar-refractivity contribution in [2.75, 3.05) is 0 Å². The van der Waals surface area contributed by atoms with Crippen molar-refractivity contribution >= 4 is 0 Å². The fraction of sp³-hybridized carbons (Fsp3) is 0.500. The Morgan fingerprint density at radius 3 is 2.67 bits per heavy atom. The number of aromatic nitrogens is 1. The minimum Gasteiger partial charge on any atom is -0.248 e. The molecule has 0 atom stereocenters. The third-order valence-corrected chi connectivity index (χ3v) is 2.61. The van der Waals surface area contributed by atoms with Crippen LogP contribution in [0.15, 0.2) is 18.3 Å². The number of pyridine rings is 1. The van der Waals surface area contributed by atoms with Crippen molar-refractivity contribution in [3.63, 3.8) is 0 Å². The lowest BCUT2D eigenvalue weighted by Crippen LogP contribution is -2.11. The van der Waals surface area contributed by atoms with Gasteiger partial charge in [-0.05, 0) is 41.9 Å². The average molecular weight is 199 g/mol. The molecule has 1 aromatic heterocycles. The van der Waals surface area contributed by atoms with Crippen molar-refractivity contribution in [3.05, 3.63) is 29.6 Å². The van der Waals surface area contributed by atoms with E-state index in [0.29, 0.717) is 5.92 Å². The van der Waals surface area contributed by atoms with E-state index in [1.807, 2.05) is 6.20 Å².